The molecule has 4 nitrogen and oxygen atoms in total. The zero-order valence-corrected chi connectivity index (χ0v) is 11.6. The lowest BCUT2D eigenvalue weighted by atomic mass is 9.77. The standard InChI is InChI=1S/C15H19FN2O2/c1-18(10-13(17)19)14(20)15(8-4-5-9-15)11-6-2-3-7-12(11)16/h2-3,6-7H,4-5,8-10H2,1H3,(H2,17,19). The number of amides is 2. The molecule has 5 heteroatoms. The molecule has 20 heavy (non-hydrogen) atoms. The van der Waals surface area contributed by atoms with E-state index in [2.05, 4.69) is 0 Å². The molecule has 2 amide bonds. The maximum Gasteiger partial charge on any atom is 0.237 e. The smallest absolute Gasteiger partial charge is 0.237 e. The molecule has 0 unspecified atom stereocenters. The number of nitrogens with zero attached hydrogens (tertiary/aromatic N) is 1. The predicted octanol–water partition coefficient (Wildman–Crippen LogP) is 1.58. The van der Waals surface area contributed by atoms with Crippen LogP contribution in [0, 0.1) is 5.82 Å². The van der Waals surface area contributed by atoms with Gasteiger partial charge in [-0.3, -0.25) is 9.59 Å². The van der Waals surface area contributed by atoms with Crippen LogP contribution in [0.3, 0.4) is 0 Å². The molecule has 0 aromatic heterocycles. The molecule has 108 valence electrons. The summed E-state index contributed by atoms with van der Waals surface area (Å²) < 4.78 is 14.1. The van der Waals surface area contributed by atoms with Gasteiger partial charge in [-0.2, -0.15) is 0 Å². The van der Waals surface area contributed by atoms with Gasteiger partial charge < -0.3 is 10.6 Å². The minimum absolute atomic E-state index is 0.144. The van der Waals surface area contributed by atoms with E-state index in [-0.39, 0.29) is 18.3 Å². The molecule has 1 aromatic carbocycles. The van der Waals surface area contributed by atoms with E-state index < -0.39 is 11.3 Å². The molecule has 1 fully saturated rings. The highest BCUT2D eigenvalue weighted by molar-refractivity contribution is 5.91. The normalized spacial score (nSPS) is 16.9. The number of hydrogen-bond donors (Lipinski definition) is 1. The average Bonchev–Trinajstić information content (AvgIpc) is 2.88. The Bertz CT molecular complexity index is 524. The fraction of sp³-hybridized carbons (Fsp3) is 0.467. The highest BCUT2D eigenvalue weighted by Crippen LogP contribution is 2.43. The van der Waals surface area contributed by atoms with Crippen LogP contribution >= 0.6 is 0 Å². The first-order valence-corrected chi connectivity index (χ1v) is 6.76. The Labute approximate surface area is 117 Å². The third-order valence-corrected chi connectivity index (χ3v) is 4.00. The lowest BCUT2D eigenvalue weighted by molar-refractivity contribution is -0.139. The van der Waals surface area contributed by atoms with E-state index in [1.165, 1.54) is 18.0 Å². The fourth-order valence-corrected chi connectivity index (χ4v) is 3.10. The number of likely N-dealkylation sites (N-methyl/N-ethyl adjacent to an activating group) is 1. The summed E-state index contributed by atoms with van der Waals surface area (Å²) >= 11 is 0. The fourth-order valence-electron chi connectivity index (χ4n) is 3.10. The molecule has 0 saturated heterocycles. The highest BCUT2D eigenvalue weighted by Gasteiger charge is 2.45. The van der Waals surface area contributed by atoms with Crippen LogP contribution in [0.25, 0.3) is 0 Å². The molecular formula is C15H19FN2O2. The number of benzene rings is 1. The van der Waals surface area contributed by atoms with Crippen molar-refractivity contribution >= 4 is 11.8 Å². The molecule has 0 atom stereocenters. The van der Waals surface area contributed by atoms with Crippen LogP contribution < -0.4 is 5.73 Å². The molecule has 1 aliphatic rings. The van der Waals surface area contributed by atoms with Crippen LogP contribution in [0.4, 0.5) is 4.39 Å². The second-order valence-corrected chi connectivity index (χ2v) is 5.40. The molecule has 1 aromatic rings. The quantitative estimate of drug-likeness (QED) is 0.909. The van der Waals surface area contributed by atoms with Gasteiger partial charge >= 0.3 is 0 Å². The van der Waals surface area contributed by atoms with Crippen LogP contribution in [0.5, 0.6) is 0 Å². The largest absolute Gasteiger partial charge is 0.368 e. The van der Waals surface area contributed by atoms with Crippen molar-refractivity contribution < 1.29 is 14.0 Å². The van der Waals surface area contributed by atoms with Gasteiger partial charge in [-0.25, -0.2) is 4.39 Å². The molecule has 1 saturated carbocycles. The van der Waals surface area contributed by atoms with E-state index in [1.807, 2.05) is 0 Å². The zero-order valence-electron chi connectivity index (χ0n) is 11.6. The number of rotatable bonds is 4. The van der Waals surface area contributed by atoms with Crippen LogP contribution in [0.1, 0.15) is 31.2 Å². The van der Waals surface area contributed by atoms with Crippen molar-refractivity contribution in [3.63, 3.8) is 0 Å². The van der Waals surface area contributed by atoms with Crippen molar-refractivity contribution in [2.45, 2.75) is 31.1 Å². The topological polar surface area (TPSA) is 63.4 Å². The molecule has 0 heterocycles. The van der Waals surface area contributed by atoms with Gasteiger partial charge in [-0.15, -0.1) is 0 Å². The Kier molecular flexibility index (Phi) is 4.06. The lowest BCUT2D eigenvalue weighted by Crippen LogP contribution is -2.46. The predicted molar refractivity (Wildman–Crippen MR) is 73.4 cm³/mol. The van der Waals surface area contributed by atoms with E-state index in [0.29, 0.717) is 18.4 Å². The Hall–Kier alpha value is -1.91. The maximum absolute atomic E-state index is 14.1. The van der Waals surface area contributed by atoms with E-state index in [4.69, 9.17) is 5.73 Å². The zero-order chi connectivity index (χ0) is 14.8. The SMILES string of the molecule is CN(CC(N)=O)C(=O)C1(c2ccccc2F)CCCC1. The summed E-state index contributed by atoms with van der Waals surface area (Å²) in [5.41, 5.74) is 4.71. The van der Waals surface area contributed by atoms with Crippen molar-refractivity contribution in [3.05, 3.63) is 35.6 Å². The van der Waals surface area contributed by atoms with Gasteiger partial charge in [-0.05, 0) is 18.9 Å². The number of halogens is 1. The molecular weight excluding hydrogens is 259 g/mol. The third-order valence-electron chi connectivity index (χ3n) is 4.00. The summed E-state index contributed by atoms with van der Waals surface area (Å²) in [6.07, 6.45) is 2.97. The van der Waals surface area contributed by atoms with Crippen LogP contribution in [0.15, 0.2) is 24.3 Å². The number of nitrogens with two attached hydrogens (primary N) is 1. The van der Waals surface area contributed by atoms with Crippen LogP contribution in [-0.2, 0) is 15.0 Å². The average molecular weight is 278 g/mol. The van der Waals surface area contributed by atoms with Crippen molar-refractivity contribution in [2.75, 3.05) is 13.6 Å². The van der Waals surface area contributed by atoms with Crippen LogP contribution in [-0.4, -0.2) is 30.3 Å². The van der Waals surface area contributed by atoms with Gasteiger partial charge in [-0.1, -0.05) is 31.0 Å². The summed E-state index contributed by atoms with van der Waals surface area (Å²) in [6, 6.07) is 6.38. The first-order chi connectivity index (χ1) is 9.47. The van der Waals surface area contributed by atoms with Gasteiger partial charge in [0.1, 0.15) is 5.82 Å². The lowest BCUT2D eigenvalue weighted by Gasteiger charge is -2.32. The van der Waals surface area contributed by atoms with Gasteiger partial charge in [0, 0.05) is 12.6 Å². The molecule has 1 aliphatic carbocycles. The maximum atomic E-state index is 14.1. The highest BCUT2D eigenvalue weighted by atomic mass is 19.1. The van der Waals surface area contributed by atoms with Gasteiger partial charge in [0.2, 0.25) is 11.8 Å². The first-order valence-electron chi connectivity index (χ1n) is 6.76. The first kappa shape index (κ1) is 14.5. The Balaban J connectivity index is 2.38. The van der Waals surface area contributed by atoms with Gasteiger partial charge in [0.15, 0.2) is 0 Å². The molecule has 0 spiro atoms. The minimum Gasteiger partial charge on any atom is -0.368 e. The van der Waals surface area contributed by atoms with Gasteiger partial charge in [0.05, 0.1) is 12.0 Å². The number of hydrogen-bond acceptors (Lipinski definition) is 2. The number of primary amides is 1. The monoisotopic (exact) mass is 278 g/mol. The summed E-state index contributed by atoms with van der Waals surface area (Å²) in [6.45, 7) is -0.144. The summed E-state index contributed by atoms with van der Waals surface area (Å²) in [5, 5.41) is 0. The van der Waals surface area contributed by atoms with Crippen LogP contribution in [0.2, 0.25) is 0 Å². The minimum atomic E-state index is -0.852. The van der Waals surface area contributed by atoms with Crippen molar-refractivity contribution in [2.24, 2.45) is 5.73 Å². The molecule has 0 radical (unpaired) electrons. The van der Waals surface area contributed by atoms with E-state index in [1.54, 1.807) is 18.2 Å². The Morgan fingerprint density at radius 3 is 2.45 bits per heavy atom. The molecule has 2 rings (SSSR count). The third kappa shape index (κ3) is 2.53. The summed E-state index contributed by atoms with van der Waals surface area (Å²) in [7, 11) is 1.54. The second kappa shape index (κ2) is 5.61. The van der Waals surface area contributed by atoms with E-state index in [9.17, 15) is 14.0 Å². The summed E-state index contributed by atoms with van der Waals surface area (Å²) in [4.78, 5) is 25.0. The number of carbonyl (C=O) groups is 2. The second-order valence-electron chi connectivity index (χ2n) is 5.40. The Morgan fingerprint density at radius 2 is 1.90 bits per heavy atom. The summed E-state index contributed by atoms with van der Waals surface area (Å²) in [5.74, 6) is -1.16. The van der Waals surface area contributed by atoms with Crippen molar-refractivity contribution in [3.8, 4) is 0 Å². The number of carbonyl (C=O) groups excluding carboxylic acids is 2. The Morgan fingerprint density at radius 1 is 1.30 bits per heavy atom. The van der Waals surface area contributed by atoms with Crippen molar-refractivity contribution in [1.82, 2.24) is 4.90 Å². The van der Waals surface area contributed by atoms with E-state index in [0.717, 1.165) is 12.8 Å². The van der Waals surface area contributed by atoms with E-state index >= 15 is 0 Å². The molecule has 0 aliphatic heterocycles. The van der Waals surface area contributed by atoms with Gasteiger partial charge in [0.25, 0.3) is 0 Å². The molecule has 0 bridgehead atoms. The molecule has 2 N–H and O–H groups in total. The van der Waals surface area contributed by atoms with Crippen molar-refractivity contribution in [1.29, 1.82) is 0 Å².